The maximum Gasteiger partial charge on any atom is 0.244 e. The van der Waals surface area contributed by atoms with Gasteiger partial charge in [0, 0.05) is 51.0 Å². The summed E-state index contributed by atoms with van der Waals surface area (Å²) in [4.78, 5) is 16.8. The highest BCUT2D eigenvalue weighted by Crippen LogP contribution is 2.20. The van der Waals surface area contributed by atoms with Gasteiger partial charge in [-0.2, -0.15) is 5.10 Å². The average Bonchev–Trinajstić information content (AvgIpc) is 2.91. The largest absolute Gasteiger partial charge is 0.341 e. The second kappa shape index (κ2) is 6.58. The van der Waals surface area contributed by atoms with Crippen LogP contribution in [0.1, 0.15) is 38.3 Å². The fraction of sp³-hybridized carbons (Fsp3) is 0.733. The van der Waals surface area contributed by atoms with Crippen LogP contribution < -0.4 is 5.73 Å². The Morgan fingerprint density at radius 1 is 1.43 bits per heavy atom. The summed E-state index contributed by atoms with van der Waals surface area (Å²) in [6.07, 6.45) is 5.50. The molecule has 2 rings (SSSR count). The Balaban J connectivity index is 1.94. The molecule has 21 heavy (non-hydrogen) atoms. The standard InChI is InChI=1S/C15H27N5O/c1-11(2)20-7-5-13(6-8-20)19(4)15(21)14(16)12-9-17-18(3)10-12/h9-11,13-14H,5-8,16H2,1-4H3. The van der Waals surface area contributed by atoms with Crippen LogP contribution in [0.25, 0.3) is 0 Å². The minimum atomic E-state index is -0.619. The topological polar surface area (TPSA) is 67.4 Å². The van der Waals surface area contributed by atoms with E-state index in [1.54, 1.807) is 17.1 Å². The van der Waals surface area contributed by atoms with Crippen molar-refractivity contribution in [3.8, 4) is 0 Å². The third-order valence-corrected chi connectivity index (χ3v) is 4.47. The molecule has 0 spiro atoms. The van der Waals surface area contributed by atoms with Gasteiger partial charge < -0.3 is 15.5 Å². The molecule has 1 atom stereocenters. The lowest BCUT2D eigenvalue weighted by Gasteiger charge is -2.39. The maximum atomic E-state index is 12.5. The van der Waals surface area contributed by atoms with E-state index in [2.05, 4.69) is 23.8 Å². The smallest absolute Gasteiger partial charge is 0.244 e. The first-order valence-electron chi connectivity index (χ1n) is 7.65. The van der Waals surface area contributed by atoms with Crippen LogP contribution in [0.3, 0.4) is 0 Å². The summed E-state index contributed by atoms with van der Waals surface area (Å²) in [6.45, 7) is 6.52. The Morgan fingerprint density at radius 2 is 2.05 bits per heavy atom. The molecule has 2 N–H and O–H groups in total. The van der Waals surface area contributed by atoms with Crippen LogP contribution in [-0.2, 0) is 11.8 Å². The van der Waals surface area contributed by atoms with Crippen molar-refractivity contribution >= 4 is 5.91 Å². The lowest BCUT2D eigenvalue weighted by molar-refractivity contribution is -0.134. The molecule has 118 valence electrons. The van der Waals surface area contributed by atoms with Gasteiger partial charge in [0.25, 0.3) is 0 Å². The molecular weight excluding hydrogens is 266 g/mol. The van der Waals surface area contributed by atoms with E-state index in [1.165, 1.54) is 0 Å². The molecule has 0 bridgehead atoms. The van der Waals surface area contributed by atoms with Gasteiger partial charge in [-0.3, -0.25) is 9.48 Å². The van der Waals surface area contributed by atoms with Crippen molar-refractivity contribution in [3.63, 3.8) is 0 Å². The summed E-state index contributed by atoms with van der Waals surface area (Å²) in [6, 6.07) is 0.242. The van der Waals surface area contributed by atoms with E-state index in [-0.39, 0.29) is 11.9 Å². The van der Waals surface area contributed by atoms with Crippen LogP contribution in [0.4, 0.5) is 0 Å². The fourth-order valence-electron chi connectivity index (χ4n) is 2.93. The Bertz CT molecular complexity index is 476. The molecule has 1 aromatic rings. The summed E-state index contributed by atoms with van der Waals surface area (Å²) < 4.78 is 1.67. The van der Waals surface area contributed by atoms with Crippen LogP contribution in [-0.4, -0.2) is 57.7 Å². The number of hydrogen-bond acceptors (Lipinski definition) is 4. The van der Waals surface area contributed by atoms with E-state index in [9.17, 15) is 4.79 Å². The highest BCUT2D eigenvalue weighted by Gasteiger charge is 2.29. The number of likely N-dealkylation sites (N-methyl/N-ethyl adjacent to an activating group) is 1. The number of rotatable bonds is 4. The molecule has 1 amide bonds. The highest BCUT2D eigenvalue weighted by molar-refractivity contribution is 5.83. The summed E-state index contributed by atoms with van der Waals surface area (Å²) >= 11 is 0. The molecule has 6 nitrogen and oxygen atoms in total. The van der Waals surface area contributed by atoms with Gasteiger partial charge in [-0.15, -0.1) is 0 Å². The first-order chi connectivity index (χ1) is 9.90. The molecule has 1 aromatic heterocycles. The van der Waals surface area contributed by atoms with E-state index in [1.807, 2.05) is 19.0 Å². The number of nitrogens with zero attached hydrogens (tertiary/aromatic N) is 4. The van der Waals surface area contributed by atoms with Gasteiger partial charge in [-0.1, -0.05) is 0 Å². The quantitative estimate of drug-likeness (QED) is 0.889. The van der Waals surface area contributed by atoms with Crippen molar-refractivity contribution in [1.29, 1.82) is 0 Å². The molecule has 0 radical (unpaired) electrons. The van der Waals surface area contributed by atoms with Crippen LogP contribution >= 0.6 is 0 Å². The van der Waals surface area contributed by atoms with Crippen molar-refractivity contribution < 1.29 is 4.79 Å². The number of piperidine rings is 1. The molecule has 2 heterocycles. The number of amides is 1. The van der Waals surface area contributed by atoms with Crippen molar-refractivity contribution in [2.45, 2.75) is 44.8 Å². The number of aromatic nitrogens is 2. The summed E-state index contributed by atoms with van der Waals surface area (Å²) in [5.74, 6) is -0.0222. The average molecular weight is 293 g/mol. The van der Waals surface area contributed by atoms with Crippen LogP contribution in [0.5, 0.6) is 0 Å². The predicted octanol–water partition coefficient (Wildman–Crippen LogP) is 0.751. The van der Waals surface area contributed by atoms with E-state index in [0.29, 0.717) is 6.04 Å². The molecule has 0 saturated carbocycles. The van der Waals surface area contributed by atoms with Gasteiger partial charge in [0.1, 0.15) is 6.04 Å². The number of carbonyl (C=O) groups excluding carboxylic acids is 1. The third kappa shape index (κ3) is 3.63. The molecule has 0 aliphatic carbocycles. The number of aryl methyl sites for hydroxylation is 1. The molecule has 6 heteroatoms. The second-order valence-electron chi connectivity index (χ2n) is 6.24. The lowest BCUT2D eigenvalue weighted by atomic mass is 10.0. The summed E-state index contributed by atoms with van der Waals surface area (Å²) in [7, 11) is 3.69. The zero-order valence-corrected chi connectivity index (χ0v) is 13.5. The van der Waals surface area contributed by atoms with Crippen LogP contribution in [0.15, 0.2) is 12.4 Å². The Labute approximate surface area is 126 Å². The van der Waals surface area contributed by atoms with E-state index in [0.717, 1.165) is 31.5 Å². The Morgan fingerprint density at radius 3 is 2.52 bits per heavy atom. The zero-order chi connectivity index (χ0) is 15.6. The maximum absolute atomic E-state index is 12.5. The van der Waals surface area contributed by atoms with Crippen molar-refractivity contribution in [2.75, 3.05) is 20.1 Å². The Kier molecular flexibility index (Phi) is 5.00. The van der Waals surface area contributed by atoms with E-state index in [4.69, 9.17) is 5.73 Å². The van der Waals surface area contributed by atoms with Gasteiger partial charge in [-0.05, 0) is 26.7 Å². The predicted molar refractivity (Wildman–Crippen MR) is 82.6 cm³/mol. The van der Waals surface area contributed by atoms with Gasteiger partial charge in [0.05, 0.1) is 6.20 Å². The van der Waals surface area contributed by atoms with Gasteiger partial charge in [0.2, 0.25) is 5.91 Å². The van der Waals surface area contributed by atoms with E-state index < -0.39 is 6.04 Å². The van der Waals surface area contributed by atoms with Gasteiger partial charge in [0.15, 0.2) is 0 Å². The lowest BCUT2D eigenvalue weighted by Crippen LogP contribution is -2.49. The SMILES string of the molecule is CC(C)N1CCC(N(C)C(=O)C(N)c2cnn(C)c2)CC1. The number of hydrogen-bond donors (Lipinski definition) is 1. The highest BCUT2D eigenvalue weighted by atomic mass is 16.2. The monoisotopic (exact) mass is 293 g/mol. The van der Waals surface area contributed by atoms with E-state index >= 15 is 0 Å². The number of carbonyl (C=O) groups is 1. The molecule has 1 saturated heterocycles. The van der Waals surface area contributed by atoms with Crippen molar-refractivity contribution in [1.82, 2.24) is 19.6 Å². The summed E-state index contributed by atoms with van der Waals surface area (Å²) in [5.41, 5.74) is 6.85. The molecular formula is C15H27N5O. The third-order valence-electron chi connectivity index (χ3n) is 4.47. The molecule has 0 aromatic carbocycles. The molecule has 1 unspecified atom stereocenters. The first-order valence-corrected chi connectivity index (χ1v) is 7.65. The van der Waals surface area contributed by atoms with Crippen LogP contribution in [0, 0.1) is 0 Å². The second-order valence-corrected chi connectivity index (χ2v) is 6.24. The van der Waals surface area contributed by atoms with Gasteiger partial charge >= 0.3 is 0 Å². The molecule has 1 fully saturated rings. The van der Waals surface area contributed by atoms with Crippen LogP contribution in [0.2, 0.25) is 0 Å². The summed E-state index contributed by atoms with van der Waals surface area (Å²) in [5, 5.41) is 4.08. The fourth-order valence-corrected chi connectivity index (χ4v) is 2.93. The van der Waals surface area contributed by atoms with Gasteiger partial charge in [-0.25, -0.2) is 0 Å². The van der Waals surface area contributed by atoms with Crippen molar-refractivity contribution in [3.05, 3.63) is 18.0 Å². The normalized spacial score (nSPS) is 19.0. The zero-order valence-electron chi connectivity index (χ0n) is 13.5. The number of nitrogens with two attached hydrogens (primary N) is 1. The molecule has 1 aliphatic heterocycles. The minimum absolute atomic E-state index is 0.0222. The first kappa shape index (κ1) is 16.0. The number of likely N-dealkylation sites (tertiary alicyclic amines) is 1. The Hall–Kier alpha value is -1.40. The van der Waals surface area contributed by atoms with Crippen molar-refractivity contribution in [2.24, 2.45) is 12.8 Å². The minimum Gasteiger partial charge on any atom is -0.341 e. The molecule has 1 aliphatic rings.